The first-order chi connectivity index (χ1) is 5.97. The molecular formula is C10H14N2. The Kier molecular flexibility index (Phi) is 2.35. The minimum atomic E-state index is 0.710. The molecule has 0 aromatic carbocycles. The van der Waals surface area contributed by atoms with Crippen molar-refractivity contribution in [1.29, 1.82) is 0 Å². The second-order valence-corrected chi connectivity index (χ2v) is 3.35. The van der Waals surface area contributed by atoms with Gasteiger partial charge >= 0.3 is 0 Å². The maximum atomic E-state index is 4.32. The van der Waals surface area contributed by atoms with Crippen LogP contribution in [0.4, 0.5) is 0 Å². The molecule has 0 spiro atoms. The van der Waals surface area contributed by atoms with Crippen LogP contribution in [0.1, 0.15) is 19.3 Å². The van der Waals surface area contributed by atoms with Gasteiger partial charge in [0.1, 0.15) is 0 Å². The standard InChI is InChI=1S/C10H14N2/c1-2-10(8-12-5-1)9-3-6-11-7-4-9/h3,5,7,10H,1-2,4,6,8H2. The third-order valence-electron chi connectivity index (χ3n) is 2.54. The van der Waals surface area contributed by atoms with Crippen LogP contribution >= 0.6 is 0 Å². The topological polar surface area (TPSA) is 24.7 Å². The fourth-order valence-corrected chi connectivity index (χ4v) is 1.79. The molecule has 0 radical (unpaired) electrons. The highest BCUT2D eigenvalue weighted by atomic mass is 14.7. The van der Waals surface area contributed by atoms with Gasteiger partial charge in [0.05, 0.1) is 6.54 Å². The maximum Gasteiger partial charge on any atom is 0.0569 e. The predicted octanol–water partition coefficient (Wildman–Crippen LogP) is 1.87. The number of dihydropyridines is 1. The van der Waals surface area contributed by atoms with Gasteiger partial charge < -0.3 is 0 Å². The molecular weight excluding hydrogens is 148 g/mol. The number of rotatable bonds is 1. The molecule has 0 fully saturated rings. The van der Waals surface area contributed by atoms with Crippen molar-refractivity contribution in [3.8, 4) is 0 Å². The third kappa shape index (κ3) is 1.63. The van der Waals surface area contributed by atoms with E-state index in [0.29, 0.717) is 5.92 Å². The van der Waals surface area contributed by atoms with E-state index in [1.807, 2.05) is 12.4 Å². The minimum absolute atomic E-state index is 0.710. The average molecular weight is 162 g/mol. The second kappa shape index (κ2) is 3.65. The van der Waals surface area contributed by atoms with Crippen LogP contribution < -0.4 is 0 Å². The molecule has 0 amide bonds. The quantitative estimate of drug-likeness (QED) is 0.526. The molecule has 2 rings (SSSR count). The Bertz CT molecular complexity index is 238. The van der Waals surface area contributed by atoms with Crippen LogP contribution in [0.3, 0.4) is 0 Å². The highest BCUT2D eigenvalue weighted by Gasteiger charge is 2.15. The number of nitrogens with zero attached hydrogens (tertiary/aromatic N) is 2. The Morgan fingerprint density at radius 2 is 2.25 bits per heavy atom. The summed E-state index contributed by atoms with van der Waals surface area (Å²) in [5, 5.41) is 0. The van der Waals surface area contributed by atoms with Crippen molar-refractivity contribution >= 4 is 12.4 Å². The summed E-state index contributed by atoms with van der Waals surface area (Å²) in [7, 11) is 0. The highest BCUT2D eigenvalue weighted by molar-refractivity contribution is 5.64. The molecule has 2 aliphatic heterocycles. The van der Waals surface area contributed by atoms with Gasteiger partial charge in [-0.2, -0.15) is 0 Å². The van der Waals surface area contributed by atoms with Gasteiger partial charge in [-0.3, -0.25) is 9.98 Å². The van der Waals surface area contributed by atoms with Crippen molar-refractivity contribution < 1.29 is 0 Å². The van der Waals surface area contributed by atoms with Gasteiger partial charge in [-0.25, -0.2) is 0 Å². The van der Waals surface area contributed by atoms with E-state index in [2.05, 4.69) is 16.1 Å². The number of hydrogen-bond acceptors (Lipinski definition) is 2. The van der Waals surface area contributed by atoms with Crippen molar-refractivity contribution in [3.05, 3.63) is 11.6 Å². The molecule has 0 aromatic rings. The van der Waals surface area contributed by atoms with Crippen molar-refractivity contribution in [2.24, 2.45) is 15.9 Å². The molecule has 64 valence electrons. The van der Waals surface area contributed by atoms with Gasteiger partial charge in [0.2, 0.25) is 0 Å². The summed E-state index contributed by atoms with van der Waals surface area (Å²) >= 11 is 0. The van der Waals surface area contributed by atoms with Crippen molar-refractivity contribution in [2.75, 3.05) is 13.1 Å². The second-order valence-electron chi connectivity index (χ2n) is 3.35. The molecule has 0 aliphatic carbocycles. The Morgan fingerprint density at radius 3 is 2.92 bits per heavy atom. The van der Waals surface area contributed by atoms with Crippen molar-refractivity contribution in [2.45, 2.75) is 19.3 Å². The summed E-state index contributed by atoms with van der Waals surface area (Å²) in [5.41, 5.74) is 1.56. The summed E-state index contributed by atoms with van der Waals surface area (Å²) in [6.07, 6.45) is 9.84. The summed E-state index contributed by atoms with van der Waals surface area (Å²) in [6, 6.07) is 0. The largest absolute Gasteiger partial charge is 0.297 e. The molecule has 0 N–H and O–H groups in total. The molecule has 1 unspecified atom stereocenters. The zero-order valence-electron chi connectivity index (χ0n) is 7.24. The van der Waals surface area contributed by atoms with E-state index in [1.54, 1.807) is 5.57 Å². The van der Waals surface area contributed by atoms with Crippen molar-refractivity contribution in [1.82, 2.24) is 0 Å². The van der Waals surface area contributed by atoms with Crippen LogP contribution in [0.25, 0.3) is 0 Å². The molecule has 2 heterocycles. The average Bonchev–Trinajstić information content (AvgIpc) is 2.21. The van der Waals surface area contributed by atoms with E-state index in [9.17, 15) is 0 Å². The summed E-state index contributed by atoms with van der Waals surface area (Å²) in [6.45, 7) is 1.88. The first kappa shape index (κ1) is 7.71. The van der Waals surface area contributed by atoms with E-state index in [-0.39, 0.29) is 0 Å². The smallest absolute Gasteiger partial charge is 0.0569 e. The lowest BCUT2D eigenvalue weighted by Crippen LogP contribution is -2.14. The van der Waals surface area contributed by atoms with Gasteiger partial charge in [-0.1, -0.05) is 11.6 Å². The Hall–Kier alpha value is -0.920. The summed E-state index contributed by atoms with van der Waals surface area (Å²) < 4.78 is 0. The zero-order valence-corrected chi connectivity index (χ0v) is 7.24. The Morgan fingerprint density at radius 1 is 1.25 bits per heavy atom. The fraction of sp³-hybridized carbons (Fsp3) is 0.600. The maximum absolute atomic E-state index is 4.32. The van der Waals surface area contributed by atoms with Gasteiger partial charge in [0.25, 0.3) is 0 Å². The normalized spacial score (nSPS) is 28.7. The molecule has 2 aliphatic rings. The Labute approximate surface area is 73.1 Å². The highest BCUT2D eigenvalue weighted by Crippen LogP contribution is 2.23. The predicted molar refractivity (Wildman–Crippen MR) is 52.1 cm³/mol. The number of aliphatic imine (C=N–C) groups is 2. The monoisotopic (exact) mass is 162 g/mol. The molecule has 1 atom stereocenters. The third-order valence-corrected chi connectivity index (χ3v) is 2.54. The summed E-state index contributed by atoms with van der Waals surface area (Å²) in [5.74, 6) is 0.710. The number of hydrogen-bond donors (Lipinski definition) is 0. The fourth-order valence-electron chi connectivity index (χ4n) is 1.79. The van der Waals surface area contributed by atoms with Gasteiger partial charge in [0, 0.05) is 25.1 Å². The van der Waals surface area contributed by atoms with E-state index in [4.69, 9.17) is 0 Å². The van der Waals surface area contributed by atoms with Crippen LogP contribution in [0, 0.1) is 5.92 Å². The lowest BCUT2D eigenvalue weighted by Gasteiger charge is -2.21. The van der Waals surface area contributed by atoms with Crippen LogP contribution in [-0.4, -0.2) is 25.5 Å². The first-order valence-corrected chi connectivity index (χ1v) is 4.62. The zero-order chi connectivity index (χ0) is 8.23. The van der Waals surface area contributed by atoms with Crippen LogP contribution in [-0.2, 0) is 0 Å². The minimum Gasteiger partial charge on any atom is -0.297 e. The van der Waals surface area contributed by atoms with E-state index >= 15 is 0 Å². The van der Waals surface area contributed by atoms with E-state index in [0.717, 1.165) is 25.9 Å². The molecule has 0 aromatic heterocycles. The van der Waals surface area contributed by atoms with Crippen LogP contribution in [0.5, 0.6) is 0 Å². The molecule has 0 saturated heterocycles. The van der Waals surface area contributed by atoms with Crippen LogP contribution in [0.15, 0.2) is 21.6 Å². The van der Waals surface area contributed by atoms with E-state index < -0.39 is 0 Å². The molecule has 2 heteroatoms. The van der Waals surface area contributed by atoms with Gasteiger partial charge in [0.15, 0.2) is 0 Å². The van der Waals surface area contributed by atoms with Gasteiger partial charge in [-0.05, 0) is 19.1 Å². The first-order valence-electron chi connectivity index (χ1n) is 4.62. The van der Waals surface area contributed by atoms with Crippen molar-refractivity contribution in [3.63, 3.8) is 0 Å². The van der Waals surface area contributed by atoms with Gasteiger partial charge in [-0.15, -0.1) is 0 Å². The molecule has 2 nitrogen and oxygen atoms in total. The molecule has 0 saturated carbocycles. The molecule has 12 heavy (non-hydrogen) atoms. The Balaban J connectivity index is 1.99. The van der Waals surface area contributed by atoms with E-state index in [1.165, 1.54) is 6.42 Å². The lowest BCUT2D eigenvalue weighted by molar-refractivity contribution is 0.560. The van der Waals surface area contributed by atoms with Crippen LogP contribution in [0.2, 0.25) is 0 Å². The lowest BCUT2D eigenvalue weighted by atomic mass is 9.90. The SMILES string of the molecule is C1=NCC=C(C2CCC=NC2)C1. The molecule has 0 bridgehead atoms. The summed E-state index contributed by atoms with van der Waals surface area (Å²) in [4.78, 5) is 8.51.